The van der Waals surface area contributed by atoms with Gasteiger partial charge in [-0.15, -0.1) is 0 Å². The molecule has 1 aromatic heterocycles. The molecule has 0 bridgehead atoms. The first-order chi connectivity index (χ1) is 10.9. The normalized spacial score (nSPS) is 13.6. The Hall–Kier alpha value is -1.85. The van der Waals surface area contributed by atoms with Crippen LogP contribution in [-0.2, 0) is 11.2 Å². The number of amides is 1. The minimum atomic E-state index is -0.782. The van der Waals surface area contributed by atoms with Crippen LogP contribution in [0.25, 0.3) is 0 Å². The lowest BCUT2D eigenvalue weighted by Gasteiger charge is -2.20. The fraction of sp³-hybridized carbons (Fsp3) is 0.412. The third-order valence-corrected chi connectivity index (χ3v) is 4.11. The van der Waals surface area contributed by atoms with E-state index in [-0.39, 0.29) is 5.91 Å². The van der Waals surface area contributed by atoms with Crippen molar-refractivity contribution in [3.05, 3.63) is 51.9 Å². The lowest BCUT2D eigenvalue weighted by Crippen LogP contribution is -2.37. The van der Waals surface area contributed by atoms with Gasteiger partial charge in [0.05, 0.1) is 17.8 Å². The Bertz CT molecular complexity index is 647. The zero-order valence-electron chi connectivity index (χ0n) is 13.5. The standard InChI is InChI=1S/C17H21ClN2O3/c1-10-15(12(3)23-20-10)8-9-16(21)19-11(2)17(22)13-4-6-14(18)7-5-13/h4-7,11,17,22H,8-9H2,1-3H3,(H,19,21). The van der Waals surface area contributed by atoms with E-state index in [4.69, 9.17) is 16.1 Å². The number of carbonyl (C=O) groups excluding carboxylic acids is 1. The first kappa shape index (κ1) is 17.5. The van der Waals surface area contributed by atoms with Crippen LogP contribution in [0.2, 0.25) is 5.02 Å². The lowest BCUT2D eigenvalue weighted by molar-refractivity contribution is -0.122. The highest BCUT2D eigenvalue weighted by molar-refractivity contribution is 6.30. The van der Waals surface area contributed by atoms with Crippen LogP contribution < -0.4 is 5.32 Å². The second kappa shape index (κ2) is 7.62. The van der Waals surface area contributed by atoms with Crippen molar-refractivity contribution in [3.63, 3.8) is 0 Å². The van der Waals surface area contributed by atoms with Crippen LogP contribution in [0.4, 0.5) is 0 Å². The number of carbonyl (C=O) groups is 1. The highest BCUT2D eigenvalue weighted by Crippen LogP contribution is 2.19. The second-order valence-corrected chi connectivity index (χ2v) is 6.09. The summed E-state index contributed by atoms with van der Waals surface area (Å²) in [5, 5.41) is 17.6. The van der Waals surface area contributed by atoms with E-state index in [1.807, 2.05) is 13.8 Å². The van der Waals surface area contributed by atoms with Crippen LogP contribution in [0, 0.1) is 13.8 Å². The van der Waals surface area contributed by atoms with Gasteiger partial charge in [0.2, 0.25) is 5.91 Å². The molecule has 5 nitrogen and oxygen atoms in total. The molecule has 0 saturated carbocycles. The fourth-order valence-corrected chi connectivity index (χ4v) is 2.58. The van der Waals surface area contributed by atoms with E-state index >= 15 is 0 Å². The van der Waals surface area contributed by atoms with Gasteiger partial charge < -0.3 is 14.9 Å². The van der Waals surface area contributed by atoms with Crippen molar-refractivity contribution in [2.45, 2.75) is 45.8 Å². The largest absolute Gasteiger partial charge is 0.386 e. The maximum Gasteiger partial charge on any atom is 0.220 e. The van der Waals surface area contributed by atoms with Gasteiger partial charge >= 0.3 is 0 Å². The molecule has 0 radical (unpaired) electrons. The number of aliphatic hydroxyl groups is 1. The van der Waals surface area contributed by atoms with Crippen molar-refractivity contribution < 1.29 is 14.4 Å². The van der Waals surface area contributed by atoms with Gasteiger partial charge in [-0.1, -0.05) is 28.9 Å². The van der Waals surface area contributed by atoms with E-state index in [1.165, 1.54) is 0 Å². The topological polar surface area (TPSA) is 75.4 Å². The number of halogens is 1. The minimum absolute atomic E-state index is 0.120. The first-order valence-corrected chi connectivity index (χ1v) is 7.91. The van der Waals surface area contributed by atoms with Crippen molar-refractivity contribution in [2.75, 3.05) is 0 Å². The van der Waals surface area contributed by atoms with Crippen molar-refractivity contribution in [2.24, 2.45) is 0 Å². The number of aryl methyl sites for hydroxylation is 2. The van der Waals surface area contributed by atoms with E-state index in [0.717, 1.165) is 17.0 Å². The predicted octanol–water partition coefficient (Wildman–Crippen LogP) is 3.12. The molecule has 1 heterocycles. The zero-order chi connectivity index (χ0) is 17.0. The summed E-state index contributed by atoms with van der Waals surface area (Å²) in [6, 6.07) is 6.53. The maximum atomic E-state index is 12.1. The van der Waals surface area contributed by atoms with Crippen molar-refractivity contribution in [1.82, 2.24) is 10.5 Å². The minimum Gasteiger partial charge on any atom is -0.386 e. The smallest absolute Gasteiger partial charge is 0.220 e. The van der Waals surface area contributed by atoms with Crippen LogP contribution in [0.3, 0.4) is 0 Å². The third kappa shape index (κ3) is 4.56. The molecular weight excluding hydrogens is 316 g/mol. The van der Waals surface area contributed by atoms with Crippen LogP contribution in [0.15, 0.2) is 28.8 Å². The number of nitrogens with zero attached hydrogens (tertiary/aromatic N) is 1. The van der Waals surface area contributed by atoms with Gasteiger partial charge in [0.15, 0.2) is 0 Å². The number of nitrogens with one attached hydrogen (secondary N) is 1. The molecule has 2 aromatic rings. The molecule has 2 atom stereocenters. The highest BCUT2D eigenvalue weighted by atomic mass is 35.5. The van der Waals surface area contributed by atoms with Gasteiger partial charge in [-0.3, -0.25) is 4.79 Å². The summed E-state index contributed by atoms with van der Waals surface area (Å²) in [6.07, 6.45) is 0.104. The molecule has 124 valence electrons. The molecule has 2 N–H and O–H groups in total. The molecule has 2 rings (SSSR count). The van der Waals surface area contributed by atoms with Gasteiger partial charge in [-0.05, 0) is 44.9 Å². The van der Waals surface area contributed by atoms with Crippen molar-refractivity contribution >= 4 is 17.5 Å². The molecule has 1 aromatic carbocycles. The Labute approximate surface area is 140 Å². The van der Waals surface area contributed by atoms with E-state index in [9.17, 15) is 9.90 Å². The molecule has 0 fully saturated rings. The fourth-order valence-electron chi connectivity index (χ4n) is 2.45. The Morgan fingerprint density at radius 3 is 2.57 bits per heavy atom. The maximum absolute atomic E-state index is 12.1. The summed E-state index contributed by atoms with van der Waals surface area (Å²) < 4.78 is 5.08. The van der Waals surface area contributed by atoms with Gasteiger partial charge in [0.25, 0.3) is 0 Å². The average molecular weight is 337 g/mol. The van der Waals surface area contributed by atoms with Gasteiger partial charge in [-0.2, -0.15) is 0 Å². The van der Waals surface area contributed by atoms with Crippen LogP contribution in [0.5, 0.6) is 0 Å². The molecule has 2 unspecified atom stereocenters. The molecule has 0 aliphatic heterocycles. The van der Waals surface area contributed by atoms with E-state index in [0.29, 0.717) is 23.4 Å². The number of rotatable bonds is 6. The Kier molecular flexibility index (Phi) is 5.80. The summed E-state index contributed by atoms with van der Waals surface area (Å²) in [5.41, 5.74) is 2.49. The molecule has 0 aliphatic rings. The van der Waals surface area contributed by atoms with E-state index in [1.54, 1.807) is 31.2 Å². The van der Waals surface area contributed by atoms with Crippen LogP contribution >= 0.6 is 11.6 Å². The average Bonchev–Trinajstić information content (AvgIpc) is 2.84. The molecule has 0 aliphatic carbocycles. The molecule has 0 saturated heterocycles. The number of hydrogen-bond acceptors (Lipinski definition) is 4. The van der Waals surface area contributed by atoms with E-state index in [2.05, 4.69) is 10.5 Å². The number of aliphatic hydroxyl groups excluding tert-OH is 1. The van der Waals surface area contributed by atoms with Gasteiger partial charge in [0, 0.05) is 17.0 Å². The van der Waals surface area contributed by atoms with E-state index < -0.39 is 12.1 Å². The Morgan fingerprint density at radius 2 is 2.00 bits per heavy atom. The number of benzene rings is 1. The number of hydrogen-bond donors (Lipinski definition) is 2. The summed E-state index contributed by atoms with van der Waals surface area (Å²) in [7, 11) is 0. The highest BCUT2D eigenvalue weighted by Gasteiger charge is 2.19. The molecule has 6 heteroatoms. The van der Waals surface area contributed by atoms with Gasteiger partial charge in [-0.25, -0.2) is 0 Å². The lowest BCUT2D eigenvalue weighted by atomic mass is 10.0. The Balaban J connectivity index is 1.88. The van der Waals surface area contributed by atoms with Crippen LogP contribution in [0.1, 0.15) is 42.0 Å². The SMILES string of the molecule is Cc1noc(C)c1CCC(=O)NC(C)C(O)c1ccc(Cl)cc1. The summed E-state index contributed by atoms with van der Waals surface area (Å²) >= 11 is 5.83. The monoisotopic (exact) mass is 336 g/mol. The zero-order valence-corrected chi connectivity index (χ0v) is 14.2. The summed E-state index contributed by atoms with van der Waals surface area (Å²) in [5.74, 6) is 0.620. The molecule has 0 spiro atoms. The second-order valence-electron chi connectivity index (χ2n) is 5.66. The molecule has 23 heavy (non-hydrogen) atoms. The van der Waals surface area contributed by atoms with Crippen molar-refractivity contribution in [3.8, 4) is 0 Å². The summed E-state index contributed by atoms with van der Waals surface area (Å²) in [4.78, 5) is 12.1. The van der Waals surface area contributed by atoms with Crippen LogP contribution in [-0.4, -0.2) is 22.2 Å². The molecular formula is C17H21ClN2O3. The predicted molar refractivity (Wildman–Crippen MR) is 88.3 cm³/mol. The molecule has 1 amide bonds. The third-order valence-electron chi connectivity index (χ3n) is 3.86. The Morgan fingerprint density at radius 1 is 1.35 bits per heavy atom. The van der Waals surface area contributed by atoms with Gasteiger partial charge in [0.1, 0.15) is 5.76 Å². The summed E-state index contributed by atoms with van der Waals surface area (Å²) in [6.45, 7) is 5.46. The van der Waals surface area contributed by atoms with Crippen molar-refractivity contribution in [1.29, 1.82) is 0 Å². The first-order valence-electron chi connectivity index (χ1n) is 7.53. The quantitative estimate of drug-likeness (QED) is 0.849. The number of aromatic nitrogens is 1.